The summed E-state index contributed by atoms with van der Waals surface area (Å²) < 4.78 is 48.8. The highest BCUT2D eigenvalue weighted by Crippen LogP contribution is 2.35. The number of hydrogen-bond donors (Lipinski definition) is 0. The van der Waals surface area contributed by atoms with Crippen molar-refractivity contribution in [2.24, 2.45) is 0 Å². The predicted octanol–water partition coefficient (Wildman–Crippen LogP) is 8.98. The second kappa shape index (κ2) is 14.1. The number of rotatable bonds is 12. The molecule has 0 saturated heterocycles. The molecular weight excluding hydrogens is 646 g/mol. The van der Waals surface area contributed by atoms with Crippen molar-refractivity contribution >= 4 is 27.3 Å². The third kappa shape index (κ3) is 7.04. The van der Waals surface area contributed by atoms with Gasteiger partial charge in [-0.05, 0) is 77.7 Å². The van der Waals surface area contributed by atoms with Crippen molar-refractivity contribution in [1.29, 1.82) is 0 Å². The molecule has 48 heavy (non-hydrogen) atoms. The third-order valence-corrected chi connectivity index (χ3v) is 10.1. The molecule has 246 valence electrons. The highest BCUT2D eigenvalue weighted by atomic mass is 35.5. The van der Waals surface area contributed by atoms with Gasteiger partial charge in [0.05, 0.1) is 35.5 Å². The normalized spacial score (nSPS) is 11.7. The fourth-order valence-electron chi connectivity index (χ4n) is 5.53. The van der Waals surface area contributed by atoms with E-state index in [1.54, 1.807) is 38.5 Å². The van der Waals surface area contributed by atoms with E-state index in [-0.39, 0.29) is 23.9 Å². The molecule has 0 saturated carbocycles. The Kier molecular flexibility index (Phi) is 9.73. The number of ether oxygens (including phenoxy) is 3. The van der Waals surface area contributed by atoms with E-state index < -0.39 is 10.0 Å². The van der Waals surface area contributed by atoms with E-state index >= 15 is 0 Å². The van der Waals surface area contributed by atoms with Crippen molar-refractivity contribution in [3.05, 3.63) is 137 Å². The van der Waals surface area contributed by atoms with Crippen LogP contribution in [0.5, 0.6) is 23.0 Å². The second-order valence-corrected chi connectivity index (χ2v) is 14.0. The van der Waals surface area contributed by atoms with Crippen molar-refractivity contribution in [1.82, 2.24) is 13.7 Å². The minimum absolute atomic E-state index is 0.122. The number of aromatic nitrogens is 2. The van der Waals surface area contributed by atoms with Gasteiger partial charge < -0.3 is 14.2 Å². The van der Waals surface area contributed by atoms with Gasteiger partial charge in [0.2, 0.25) is 10.0 Å². The zero-order valence-electron chi connectivity index (χ0n) is 27.1. The summed E-state index contributed by atoms with van der Waals surface area (Å²) in [6, 6.07) is 32.7. The molecule has 2 heterocycles. The van der Waals surface area contributed by atoms with Crippen molar-refractivity contribution < 1.29 is 22.6 Å². The van der Waals surface area contributed by atoms with E-state index in [1.807, 2.05) is 95.5 Å². The van der Waals surface area contributed by atoms with Crippen molar-refractivity contribution in [2.45, 2.75) is 37.8 Å². The smallest absolute Gasteiger partial charge is 0.243 e. The second-order valence-electron chi connectivity index (χ2n) is 11.6. The van der Waals surface area contributed by atoms with Gasteiger partial charge in [-0.1, -0.05) is 67.9 Å². The van der Waals surface area contributed by atoms with Crippen molar-refractivity contribution in [3.8, 4) is 34.3 Å². The molecule has 6 rings (SSSR count). The summed E-state index contributed by atoms with van der Waals surface area (Å²) in [5, 5.41) is 0.573. The van der Waals surface area contributed by atoms with E-state index in [2.05, 4.69) is 13.8 Å². The Balaban J connectivity index is 1.31. The van der Waals surface area contributed by atoms with Crippen LogP contribution in [0.3, 0.4) is 0 Å². The lowest BCUT2D eigenvalue weighted by molar-refractivity contribution is 0.397. The molecule has 0 aliphatic heterocycles. The van der Waals surface area contributed by atoms with Crippen molar-refractivity contribution in [2.75, 3.05) is 14.2 Å². The number of hydrogen-bond acceptors (Lipinski definition) is 6. The number of sulfonamides is 1. The lowest BCUT2D eigenvalue weighted by Gasteiger charge is -2.23. The quantitative estimate of drug-likeness (QED) is 0.128. The zero-order valence-corrected chi connectivity index (χ0v) is 28.7. The van der Waals surface area contributed by atoms with Crippen LogP contribution in [-0.2, 0) is 23.1 Å². The van der Waals surface area contributed by atoms with Gasteiger partial charge in [0.25, 0.3) is 0 Å². The Morgan fingerprint density at radius 3 is 1.92 bits per heavy atom. The lowest BCUT2D eigenvalue weighted by Crippen LogP contribution is -2.30. The Hall–Kier alpha value is -4.83. The number of imidazole rings is 1. The Bertz CT molecular complexity index is 2100. The van der Waals surface area contributed by atoms with Crippen LogP contribution in [0.4, 0.5) is 0 Å². The first-order valence-corrected chi connectivity index (χ1v) is 17.3. The number of pyridine rings is 1. The molecule has 0 N–H and O–H groups in total. The predicted molar refractivity (Wildman–Crippen MR) is 189 cm³/mol. The highest BCUT2D eigenvalue weighted by Gasteiger charge is 2.26. The number of benzene rings is 4. The molecular formula is C38H36ClN3O5S. The Labute approximate surface area is 286 Å². The molecule has 8 nitrogen and oxygen atoms in total. The molecule has 10 heteroatoms. The van der Waals surface area contributed by atoms with E-state index in [0.717, 1.165) is 28.1 Å². The average Bonchev–Trinajstić information content (AvgIpc) is 3.50. The van der Waals surface area contributed by atoms with Gasteiger partial charge in [-0.3, -0.25) is 4.40 Å². The average molecular weight is 682 g/mol. The molecule has 0 bridgehead atoms. The Morgan fingerprint density at radius 1 is 0.750 bits per heavy atom. The Morgan fingerprint density at radius 2 is 1.33 bits per heavy atom. The van der Waals surface area contributed by atoms with E-state index in [0.29, 0.717) is 33.7 Å². The van der Waals surface area contributed by atoms with Crippen LogP contribution in [0.1, 0.15) is 36.6 Å². The molecule has 0 unspecified atom stereocenters. The molecule has 0 aliphatic rings. The van der Waals surface area contributed by atoms with Gasteiger partial charge in [-0.2, -0.15) is 4.31 Å². The maximum Gasteiger partial charge on any atom is 0.243 e. The van der Waals surface area contributed by atoms with Crippen LogP contribution in [0.15, 0.2) is 120 Å². The van der Waals surface area contributed by atoms with Gasteiger partial charge in [-0.25, -0.2) is 13.4 Å². The molecule has 6 aromatic rings. The van der Waals surface area contributed by atoms with Crippen LogP contribution in [0, 0.1) is 0 Å². The monoisotopic (exact) mass is 681 g/mol. The van der Waals surface area contributed by atoms with E-state index in [4.69, 9.17) is 30.8 Å². The summed E-state index contributed by atoms with van der Waals surface area (Å²) in [6.45, 7) is 4.51. The summed E-state index contributed by atoms with van der Waals surface area (Å²) in [4.78, 5) is 4.96. The van der Waals surface area contributed by atoms with Gasteiger partial charge >= 0.3 is 0 Å². The van der Waals surface area contributed by atoms with Gasteiger partial charge in [-0.15, -0.1) is 0 Å². The molecule has 2 aromatic heterocycles. The molecule has 4 aromatic carbocycles. The SMILES string of the molecule is COc1ccc(CN(Cc2ccc(OC)cc2)S(=O)(=O)c2cccc(Oc3cccc(-c4c(C(C)C)nc5c(Cl)cccn45)c3)c2)cc1. The largest absolute Gasteiger partial charge is 0.497 e. The molecule has 0 radical (unpaired) electrons. The summed E-state index contributed by atoms with van der Waals surface area (Å²) in [5.41, 5.74) is 5.09. The molecule has 0 fully saturated rings. The fourth-order valence-corrected chi connectivity index (χ4v) is 7.18. The van der Waals surface area contributed by atoms with Gasteiger partial charge in [0, 0.05) is 30.9 Å². The van der Waals surface area contributed by atoms with Crippen LogP contribution < -0.4 is 14.2 Å². The van der Waals surface area contributed by atoms with Crippen LogP contribution in [-0.4, -0.2) is 36.3 Å². The molecule has 0 amide bonds. The molecule has 0 atom stereocenters. The summed E-state index contributed by atoms with van der Waals surface area (Å²) in [7, 11) is -0.771. The summed E-state index contributed by atoms with van der Waals surface area (Å²) in [5.74, 6) is 2.50. The number of fused-ring (bicyclic) bond motifs is 1. The summed E-state index contributed by atoms with van der Waals surface area (Å²) >= 11 is 6.49. The van der Waals surface area contributed by atoms with E-state index in [9.17, 15) is 8.42 Å². The lowest BCUT2D eigenvalue weighted by atomic mass is 10.0. The maximum absolute atomic E-state index is 14.3. The zero-order chi connectivity index (χ0) is 33.8. The highest BCUT2D eigenvalue weighted by molar-refractivity contribution is 7.89. The van der Waals surface area contributed by atoms with E-state index in [1.165, 1.54) is 4.31 Å². The third-order valence-electron chi connectivity index (χ3n) is 8.00. The minimum atomic E-state index is -3.96. The first-order valence-electron chi connectivity index (χ1n) is 15.5. The van der Waals surface area contributed by atoms with Crippen LogP contribution in [0.2, 0.25) is 5.02 Å². The van der Waals surface area contributed by atoms with Gasteiger partial charge in [0.15, 0.2) is 5.65 Å². The standard InChI is InChI=1S/C38H36ClN3O5S/c1-26(2)36-37(42-21-7-12-35(39)38(42)40-36)29-8-5-9-32(22-29)47-33-10-6-11-34(23-33)48(43,44)41(24-27-13-17-30(45-3)18-14-27)25-28-15-19-31(46-4)20-16-28/h5-23,26H,24-25H2,1-4H3. The fraction of sp³-hybridized carbons (Fsp3) is 0.184. The number of nitrogens with zero attached hydrogens (tertiary/aromatic N) is 3. The van der Waals surface area contributed by atoms with Crippen molar-refractivity contribution in [3.63, 3.8) is 0 Å². The number of halogens is 1. The topological polar surface area (TPSA) is 82.4 Å². The summed E-state index contributed by atoms with van der Waals surface area (Å²) in [6.07, 6.45) is 1.95. The minimum Gasteiger partial charge on any atom is -0.497 e. The first-order chi connectivity index (χ1) is 23.2. The van der Waals surface area contributed by atoms with Crippen LogP contribution >= 0.6 is 11.6 Å². The van der Waals surface area contributed by atoms with Crippen LogP contribution in [0.25, 0.3) is 16.9 Å². The first kappa shape index (κ1) is 33.1. The molecule has 0 aliphatic carbocycles. The maximum atomic E-state index is 14.3. The number of methoxy groups -OCH3 is 2. The molecule has 0 spiro atoms. The van der Waals surface area contributed by atoms with Gasteiger partial charge in [0.1, 0.15) is 23.0 Å².